The van der Waals surface area contributed by atoms with Crippen molar-refractivity contribution in [1.29, 1.82) is 0 Å². The van der Waals surface area contributed by atoms with Crippen molar-refractivity contribution in [3.63, 3.8) is 0 Å². The van der Waals surface area contributed by atoms with Crippen LogP contribution < -0.4 is 10.1 Å². The Bertz CT molecular complexity index is 853. The van der Waals surface area contributed by atoms with E-state index >= 15 is 0 Å². The summed E-state index contributed by atoms with van der Waals surface area (Å²) < 4.78 is 11.3. The van der Waals surface area contributed by atoms with Crippen molar-refractivity contribution < 1.29 is 9.15 Å². The van der Waals surface area contributed by atoms with Crippen molar-refractivity contribution in [2.75, 3.05) is 26.7 Å². The van der Waals surface area contributed by atoms with E-state index in [9.17, 15) is 0 Å². The minimum absolute atomic E-state index is 0. The molecule has 0 radical (unpaired) electrons. The van der Waals surface area contributed by atoms with Gasteiger partial charge in [0.1, 0.15) is 12.0 Å². The van der Waals surface area contributed by atoms with Crippen molar-refractivity contribution in [2.24, 2.45) is 0 Å². The molecule has 5 nitrogen and oxygen atoms in total. The fraction of sp³-hybridized carbons (Fsp3) is 0.286. The molecule has 1 N–H and O–H groups in total. The Morgan fingerprint density at radius 3 is 2.74 bits per heavy atom. The lowest BCUT2D eigenvalue weighted by Crippen LogP contribution is -2.45. The highest BCUT2D eigenvalue weighted by Crippen LogP contribution is 2.31. The van der Waals surface area contributed by atoms with Crippen LogP contribution in [0.15, 0.2) is 65.3 Å². The number of benzene rings is 2. The lowest BCUT2D eigenvalue weighted by molar-refractivity contribution is 0.149. The molecule has 1 saturated heterocycles. The van der Waals surface area contributed by atoms with Gasteiger partial charge in [-0.3, -0.25) is 4.90 Å². The highest BCUT2D eigenvalue weighted by molar-refractivity contribution is 5.85. The number of methoxy groups -OCH3 is 1. The van der Waals surface area contributed by atoms with E-state index in [1.165, 1.54) is 5.56 Å². The summed E-state index contributed by atoms with van der Waals surface area (Å²) in [6.07, 6.45) is 1.77. The molecule has 0 spiro atoms. The molecule has 2 heterocycles. The Morgan fingerprint density at radius 2 is 1.93 bits per heavy atom. The number of piperazine rings is 1. The molecule has 6 heteroatoms. The van der Waals surface area contributed by atoms with Crippen molar-refractivity contribution in [2.45, 2.75) is 12.6 Å². The first-order valence-corrected chi connectivity index (χ1v) is 8.92. The SMILES string of the molecule is COc1ccccc1C1CNCCN1Cc1coc(-c2ccccc2)n1.Cl. The van der Waals surface area contributed by atoms with Crippen molar-refractivity contribution in [1.82, 2.24) is 15.2 Å². The molecule has 1 fully saturated rings. The number of halogens is 1. The van der Waals surface area contributed by atoms with E-state index in [1.54, 1.807) is 13.4 Å². The zero-order valence-corrected chi connectivity index (χ0v) is 16.1. The lowest BCUT2D eigenvalue weighted by atomic mass is 10.0. The van der Waals surface area contributed by atoms with E-state index in [0.29, 0.717) is 5.89 Å². The van der Waals surface area contributed by atoms with Gasteiger partial charge in [-0.25, -0.2) is 4.98 Å². The Kier molecular flexibility index (Phi) is 6.50. The van der Waals surface area contributed by atoms with Gasteiger partial charge >= 0.3 is 0 Å². The molecule has 142 valence electrons. The third-order valence-corrected chi connectivity index (χ3v) is 4.79. The summed E-state index contributed by atoms with van der Waals surface area (Å²) in [6.45, 7) is 3.57. The molecule has 1 atom stereocenters. The second-order valence-electron chi connectivity index (χ2n) is 6.44. The Hall–Kier alpha value is -2.34. The molecule has 1 aliphatic heterocycles. The summed E-state index contributed by atoms with van der Waals surface area (Å²) in [4.78, 5) is 7.12. The summed E-state index contributed by atoms with van der Waals surface area (Å²) in [5, 5.41) is 3.49. The van der Waals surface area contributed by atoms with Gasteiger partial charge in [-0.2, -0.15) is 0 Å². The second-order valence-corrected chi connectivity index (χ2v) is 6.44. The lowest BCUT2D eigenvalue weighted by Gasteiger charge is -2.36. The molecular weight excluding hydrogens is 362 g/mol. The molecule has 0 aliphatic carbocycles. The zero-order chi connectivity index (χ0) is 17.8. The van der Waals surface area contributed by atoms with E-state index in [4.69, 9.17) is 9.15 Å². The number of nitrogens with zero attached hydrogens (tertiary/aromatic N) is 2. The zero-order valence-electron chi connectivity index (χ0n) is 15.3. The van der Waals surface area contributed by atoms with Crippen LogP contribution in [0.5, 0.6) is 5.75 Å². The molecular formula is C21H24ClN3O2. The average molecular weight is 386 g/mol. The summed E-state index contributed by atoms with van der Waals surface area (Å²) in [5.41, 5.74) is 3.15. The average Bonchev–Trinajstić information content (AvgIpc) is 3.18. The van der Waals surface area contributed by atoms with Gasteiger partial charge < -0.3 is 14.5 Å². The predicted molar refractivity (Wildman–Crippen MR) is 108 cm³/mol. The number of rotatable bonds is 5. The molecule has 0 bridgehead atoms. The Morgan fingerprint density at radius 1 is 1.15 bits per heavy atom. The maximum absolute atomic E-state index is 5.70. The van der Waals surface area contributed by atoms with Crippen LogP contribution in [-0.4, -0.2) is 36.6 Å². The third kappa shape index (κ3) is 4.33. The standard InChI is InChI=1S/C21H23N3O2.ClH/c1-25-20-10-6-5-9-18(20)19-13-22-11-12-24(19)14-17-15-26-21(23-17)16-7-3-2-4-8-16;/h2-10,15,19,22H,11-14H2,1H3;1H. The largest absolute Gasteiger partial charge is 0.496 e. The number of ether oxygens (including phenoxy) is 1. The summed E-state index contributed by atoms with van der Waals surface area (Å²) in [6, 6.07) is 18.5. The number of nitrogens with one attached hydrogen (secondary N) is 1. The smallest absolute Gasteiger partial charge is 0.226 e. The Labute approximate surface area is 165 Å². The van der Waals surface area contributed by atoms with Gasteiger partial charge in [0.15, 0.2) is 0 Å². The molecule has 27 heavy (non-hydrogen) atoms. The van der Waals surface area contributed by atoms with Gasteiger partial charge in [0, 0.05) is 37.3 Å². The highest BCUT2D eigenvalue weighted by Gasteiger charge is 2.27. The first kappa shape index (κ1) is 19.4. The molecule has 1 aliphatic rings. The number of oxazole rings is 1. The van der Waals surface area contributed by atoms with Crippen molar-refractivity contribution in [3.05, 3.63) is 72.1 Å². The van der Waals surface area contributed by atoms with Crippen LogP contribution in [0.3, 0.4) is 0 Å². The predicted octanol–water partition coefficient (Wildman–Crippen LogP) is 3.92. The van der Waals surface area contributed by atoms with Gasteiger partial charge in [0.2, 0.25) is 5.89 Å². The van der Waals surface area contributed by atoms with E-state index in [-0.39, 0.29) is 18.4 Å². The molecule has 0 amide bonds. The number of para-hydroxylation sites is 1. The monoisotopic (exact) mass is 385 g/mol. The summed E-state index contributed by atoms with van der Waals surface area (Å²) in [7, 11) is 1.73. The van der Waals surface area contributed by atoms with E-state index < -0.39 is 0 Å². The van der Waals surface area contributed by atoms with Crippen LogP contribution in [0.25, 0.3) is 11.5 Å². The van der Waals surface area contributed by atoms with Crippen LogP contribution >= 0.6 is 12.4 Å². The minimum atomic E-state index is 0. The molecule has 4 rings (SSSR count). The fourth-order valence-electron chi connectivity index (χ4n) is 3.48. The van der Waals surface area contributed by atoms with E-state index in [0.717, 1.165) is 43.2 Å². The first-order chi connectivity index (χ1) is 12.8. The first-order valence-electron chi connectivity index (χ1n) is 8.92. The molecule has 1 unspecified atom stereocenters. The number of hydrogen-bond donors (Lipinski definition) is 1. The van der Waals surface area contributed by atoms with Crippen LogP contribution in [0.1, 0.15) is 17.3 Å². The fourth-order valence-corrected chi connectivity index (χ4v) is 3.48. The Balaban J connectivity index is 0.00000210. The number of aromatic nitrogens is 1. The summed E-state index contributed by atoms with van der Waals surface area (Å²) >= 11 is 0. The van der Waals surface area contributed by atoms with Gasteiger partial charge in [0.05, 0.1) is 18.8 Å². The van der Waals surface area contributed by atoms with E-state index in [1.807, 2.05) is 42.5 Å². The molecule has 2 aromatic carbocycles. The molecule has 3 aromatic rings. The highest BCUT2D eigenvalue weighted by atomic mass is 35.5. The molecule has 0 saturated carbocycles. The maximum atomic E-state index is 5.70. The van der Waals surface area contributed by atoms with Gasteiger partial charge in [-0.1, -0.05) is 36.4 Å². The summed E-state index contributed by atoms with van der Waals surface area (Å²) in [5.74, 6) is 1.60. The topological polar surface area (TPSA) is 50.5 Å². The van der Waals surface area contributed by atoms with Crippen LogP contribution in [0, 0.1) is 0 Å². The maximum Gasteiger partial charge on any atom is 0.226 e. The van der Waals surface area contributed by atoms with Crippen molar-refractivity contribution in [3.8, 4) is 17.2 Å². The number of hydrogen-bond acceptors (Lipinski definition) is 5. The second kappa shape index (κ2) is 9.04. The van der Waals surface area contributed by atoms with Crippen LogP contribution in [-0.2, 0) is 6.54 Å². The van der Waals surface area contributed by atoms with Crippen LogP contribution in [0.2, 0.25) is 0 Å². The minimum Gasteiger partial charge on any atom is -0.496 e. The van der Waals surface area contributed by atoms with E-state index in [2.05, 4.69) is 27.3 Å². The third-order valence-electron chi connectivity index (χ3n) is 4.79. The van der Waals surface area contributed by atoms with Crippen molar-refractivity contribution >= 4 is 12.4 Å². The van der Waals surface area contributed by atoms with Crippen LogP contribution in [0.4, 0.5) is 0 Å². The quantitative estimate of drug-likeness (QED) is 0.721. The normalized spacial score (nSPS) is 17.3. The van der Waals surface area contributed by atoms with Gasteiger partial charge in [0.25, 0.3) is 0 Å². The van der Waals surface area contributed by atoms with Gasteiger partial charge in [-0.15, -0.1) is 12.4 Å². The molecule has 1 aromatic heterocycles. The van der Waals surface area contributed by atoms with Gasteiger partial charge in [-0.05, 0) is 18.2 Å².